The third kappa shape index (κ3) is 1.53. The first-order valence-electron chi connectivity index (χ1n) is 10.3. The molecule has 1 heterocycles. The number of epoxide rings is 1. The summed E-state index contributed by atoms with van der Waals surface area (Å²) in [6.07, 6.45) is 6.85. The molecule has 4 nitrogen and oxygen atoms in total. The highest BCUT2D eigenvalue weighted by atomic mass is 16.6. The van der Waals surface area contributed by atoms with Crippen LogP contribution in [0, 0.1) is 39.9 Å². The zero-order chi connectivity index (χ0) is 18.8. The Labute approximate surface area is 156 Å². The van der Waals surface area contributed by atoms with E-state index in [0.29, 0.717) is 29.7 Å². The van der Waals surface area contributed by atoms with Gasteiger partial charge in [0.1, 0.15) is 11.4 Å². The fourth-order valence-corrected chi connectivity index (χ4v) is 8.30. The Morgan fingerprint density at radius 3 is 2.35 bits per heavy atom. The zero-order valence-electron chi connectivity index (χ0n) is 16.4. The van der Waals surface area contributed by atoms with Crippen molar-refractivity contribution in [1.29, 1.82) is 5.26 Å². The Morgan fingerprint density at radius 2 is 1.65 bits per heavy atom. The topological polar surface area (TPSA) is 76.8 Å². The first-order valence-corrected chi connectivity index (χ1v) is 10.3. The molecule has 142 valence electrons. The maximum absolute atomic E-state index is 11.0. The molecule has 0 radical (unpaired) electrons. The van der Waals surface area contributed by atoms with Crippen molar-refractivity contribution in [3.05, 3.63) is 11.3 Å². The summed E-state index contributed by atoms with van der Waals surface area (Å²) in [6, 6.07) is 2.26. The van der Waals surface area contributed by atoms with Gasteiger partial charge in [-0.1, -0.05) is 13.8 Å². The van der Waals surface area contributed by atoms with E-state index in [0.717, 1.165) is 38.5 Å². The van der Waals surface area contributed by atoms with E-state index in [1.54, 1.807) is 0 Å². The largest absolute Gasteiger partial charge is 0.508 e. The molecule has 3 saturated carbocycles. The first kappa shape index (κ1) is 17.1. The molecule has 4 fully saturated rings. The minimum absolute atomic E-state index is 0.00739. The first-order chi connectivity index (χ1) is 12.1. The van der Waals surface area contributed by atoms with E-state index in [4.69, 9.17) is 4.74 Å². The standard InChI is InChI=1S/C22H31NO3/c1-18-8-6-16-14(15(18)7-9-20(18,3)25)5-10-22-19(16,2)11-13(12-23)17(24)21(22,4)26-22/h14-16,24-25H,5-11H2,1-4H3/t14-,15-,16-,18-,19+,20-,21+,22-/m0/s1. The van der Waals surface area contributed by atoms with Gasteiger partial charge in [0.2, 0.25) is 0 Å². The van der Waals surface area contributed by atoms with Gasteiger partial charge in [-0.2, -0.15) is 5.26 Å². The summed E-state index contributed by atoms with van der Waals surface area (Å²) in [5.41, 5.74) is -1.11. The van der Waals surface area contributed by atoms with Gasteiger partial charge in [-0.15, -0.1) is 0 Å². The Bertz CT molecular complexity index is 766. The quantitative estimate of drug-likeness (QED) is 0.636. The van der Waals surface area contributed by atoms with Crippen molar-refractivity contribution in [3.63, 3.8) is 0 Å². The van der Waals surface area contributed by atoms with Crippen LogP contribution < -0.4 is 0 Å². The van der Waals surface area contributed by atoms with Crippen LogP contribution in [0.1, 0.15) is 72.6 Å². The number of allylic oxidation sites excluding steroid dienone is 1. The van der Waals surface area contributed by atoms with Gasteiger partial charge in [-0.05, 0) is 82.0 Å². The Balaban J connectivity index is 1.57. The van der Waals surface area contributed by atoms with Gasteiger partial charge in [-0.25, -0.2) is 0 Å². The number of aliphatic hydroxyl groups is 2. The third-order valence-corrected chi connectivity index (χ3v) is 10.1. The SMILES string of the molecule is C[C@]1(O)CC[C@H]2[C@@H]3CC[C@@]45O[C@]4(C)C(O)=C(C#N)C[C@]5(C)[C@H]3CC[C@@]21C. The van der Waals surface area contributed by atoms with Gasteiger partial charge in [0, 0.05) is 5.41 Å². The zero-order valence-corrected chi connectivity index (χ0v) is 16.4. The fraction of sp³-hybridized carbons (Fsp3) is 0.864. The molecular weight excluding hydrogens is 326 g/mol. The lowest BCUT2D eigenvalue weighted by Crippen LogP contribution is -2.60. The van der Waals surface area contributed by atoms with E-state index < -0.39 is 11.2 Å². The van der Waals surface area contributed by atoms with Crippen molar-refractivity contribution in [2.45, 2.75) is 89.4 Å². The van der Waals surface area contributed by atoms with Crippen molar-refractivity contribution >= 4 is 0 Å². The van der Waals surface area contributed by atoms with Crippen LogP contribution in [0.25, 0.3) is 0 Å². The molecule has 4 aliphatic carbocycles. The van der Waals surface area contributed by atoms with Gasteiger partial charge in [0.05, 0.1) is 17.2 Å². The predicted octanol–water partition coefficient (Wildman–Crippen LogP) is 4.25. The highest BCUT2D eigenvalue weighted by Crippen LogP contribution is 2.77. The van der Waals surface area contributed by atoms with Crippen molar-refractivity contribution in [1.82, 2.24) is 0 Å². The van der Waals surface area contributed by atoms with Crippen LogP contribution >= 0.6 is 0 Å². The molecule has 1 spiro atoms. The molecular formula is C22H31NO3. The van der Waals surface area contributed by atoms with Crippen molar-refractivity contribution in [2.75, 3.05) is 0 Å². The molecule has 26 heavy (non-hydrogen) atoms. The molecule has 0 aromatic rings. The number of hydrogen-bond donors (Lipinski definition) is 2. The van der Waals surface area contributed by atoms with E-state index in [2.05, 4.69) is 19.9 Å². The predicted molar refractivity (Wildman–Crippen MR) is 97.1 cm³/mol. The molecule has 0 aromatic carbocycles. The molecule has 1 saturated heterocycles. The normalized spacial score (nSPS) is 60.4. The monoisotopic (exact) mass is 357 g/mol. The molecule has 0 unspecified atom stereocenters. The minimum atomic E-state index is -0.669. The minimum Gasteiger partial charge on any atom is -0.508 e. The molecule has 0 amide bonds. The summed E-state index contributed by atoms with van der Waals surface area (Å²) in [6.45, 7) is 8.63. The molecule has 8 atom stereocenters. The van der Waals surface area contributed by atoms with Crippen LogP contribution in [0.15, 0.2) is 11.3 Å². The molecule has 0 bridgehead atoms. The van der Waals surface area contributed by atoms with E-state index in [9.17, 15) is 15.5 Å². The van der Waals surface area contributed by atoms with Crippen LogP contribution in [0.5, 0.6) is 0 Å². The Kier molecular flexibility index (Phi) is 2.95. The molecule has 1 aliphatic heterocycles. The van der Waals surface area contributed by atoms with Gasteiger partial charge in [-0.3, -0.25) is 0 Å². The van der Waals surface area contributed by atoms with Crippen LogP contribution in [0.3, 0.4) is 0 Å². The average Bonchev–Trinajstić information content (AvgIpc) is 3.14. The molecule has 5 aliphatic rings. The third-order valence-electron chi connectivity index (χ3n) is 10.1. The van der Waals surface area contributed by atoms with Gasteiger partial charge in [0.15, 0.2) is 5.60 Å². The smallest absolute Gasteiger partial charge is 0.153 e. The van der Waals surface area contributed by atoms with Crippen molar-refractivity contribution in [2.24, 2.45) is 28.6 Å². The molecule has 2 N–H and O–H groups in total. The highest BCUT2D eigenvalue weighted by Gasteiger charge is 2.82. The highest BCUT2D eigenvalue weighted by molar-refractivity contribution is 5.46. The molecule has 4 heteroatoms. The summed E-state index contributed by atoms with van der Waals surface area (Å²) in [4.78, 5) is 0. The van der Waals surface area contributed by atoms with Crippen LogP contribution in [0.2, 0.25) is 0 Å². The lowest BCUT2D eigenvalue weighted by atomic mass is 9.43. The van der Waals surface area contributed by atoms with E-state index >= 15 is 0 Å². The van der Waals surface area contributed by atoms with E-state index in [1.807, 2.05) is 13.8 Å². The maximum atomic E-state index is 11.0. The number of hydrogen-bond acceptors (Lipinski definition) is 4. The van der Waals surface area contributed by atoms with Gasteiger partial charge < -0.3 is 14.9 Å². The summed E-state index contributed by atoms with van der Waals surface area (Å²) in [7, 11) is 0. The van der Waals surface area contributed by atoms with Gasteiger partial charge in [0.25, 0.3) is 0 Å². The Hall–Kier alpha value is -1.05. The van der Waals surface area contributed by atoms with Crippen LogP contribution in [-0.2, 0) is 4.74 Å². The summed E-state index contributed by atoms with van der Waals surface area (Å²) in [5.74, 6) is 1.83. The van der Waals surface area contributed by atoms with Crippen molar-refractivity contribution in [3.8, 4) is 6.07 Å². The second-order valence-corrected chi connectivity index (χ2v) is 10.7. The average molecular weight is 357 g/mol. The molecule has 5 rings (SSSR count). The van der Waals surface area contributed by atoms with E-state index in [-0.39, 0.29) is 22.2 Å². The number of aliphatic hydroxyl groups excluding tert-OH is 1. The second kappa shape index (κ2) is 4.50. The number of fused-ring (bicyclic) bond motifs is 4. The summed E-state index contributed by atoms with van der Waals surface area (Å²) in [5, 5.41) is 31.3. The van der Waals surface area contributed by atoms with Crippen LogP contribution in [0.4, 0.5) is 0 Å². The number of nitrogens with zero attached hydrogens (tertiary/aromatic N) is 1. The maximum Gasteiger partial charge on any atom is 0.153 e. The number of rotatable bonds is 0. The lowest BCUT2D eigenvalue weighted by Gasteiger charge is -2.60. The van der Waals surface area contributed by atoms with Gasteiger partial charge >= 0.3 is 0 Å². The Morgan fingerprint density at radius 1 is 1.00 bits per heavy atom. The lowest BCUT2D eigenvalue weighted by molar-refractivity contribution is -0.143. The summed E-state index contributed by atoms with van der Waals surface area (Å²) < 4.78 is 6.32. The van der Waals surface area contributed by atoms with Crippen LogP contribution in [-0.4, -0.2) is 27.0 Å². The van der Waals surface area contributed by atoms with Crippen molar-refractivity contribution < 1.29 is 14.9 Å². The van der Waals surface area contributed by atoms with E-state index in [1.165, 1.54) is 0 Å². The number of nitriles is 1. The summed E-state index contributed by atoms with van der Waals surface area (Å²) >= 11 is 0. The molecule has 0 aromatic heterocycles. The fourth-order valence-electron chi connectivity index (χ4n) is 8.30. The number of ether oxygens (including phenoxy) is 1. The second-order valence-electron chi connectivity index (χ2n) is 10.7.